The molecule has 166 valence electrons. The second-order valence-electron chi connectivity index (χ2n) is 7.55. The number of nitrogens with zero attached hydrogens (tertiary/aromatic N) is 2. The van der Waals surface area contributed by atoms with Crippen molar-refractivity contribution in [2.24, 2.45) is 0 Å². The molecule has 0 aliphatic rings. The number of aromatic amines is 1. The lowest BCUT2D eigenvalue weighted by atomic mass is 10.1. The van der Waals surface area contributed by atoms with Crippen LogP contribution in [-0.2, 0) is 0 Å². The summed E-state index contributed by atoms with van der Waals surface area (Å²) in [6.07, 6.45) is 3.22. The summed E-state index contributed by atoms with van der Waals surface area (Å²) in [6.45, 7) is 0. The minimum Gasteiger partial charge on any atom is -0.338 e. The van der Waals surface area contributed by atoms with Crippen LogP contribution in [0.5, 0.6) is 0 Å². The van der Waals surface area contributed by atoms with Gasteiger partial charge in [-0.2, -0.15) is 0 Å². The number of nitrogens with one attached hydrogen (secondary N) is 3. The van der Waals surface area contributed by atoms with Gasteiger partial charge in [-0.1, -0.05) is 12.1 Å². The Morgan fingerprint density at radius 2 is 1.35 bits per heavy atom. The molecule has 0 aliphatic carbocycles. The van der Waals surface area contributed by atoms with E-state index in [-0.39, 0.29) is 17.6 Å². The fraction of sp³-hybridized carbons (Fsp3) is 0. The van der Waals surface area contributed by atoms with Crippen LogP contribution in [0.3, 0.4) is 0 Å². The molecule has 0 fully saturated rings. The van der Waals surface area contributed by atoms with Gasteiger partial charge in [-0.05, 0) is 66.7 Å². The maximum absolute atomic E-state index is 13.1. The minimum atomic E-state index is -0.369. The van der Waals surface area contributed by atoms with Crippen LogP contribution < -0.4 is 10.6 Å². The molecule has 34 heavy (non-hydrogen) atoms. The number of amides is 2. The first-order chi connectivity index (χ1) is 16.5. The second kappa shape index (κ2) is 8.95. The normalized spacial score (nSPS) is 10.7. The third-order valence-corrected chi connectivity index (χ3v) is 5.20. The number of halogens is 1. The van der Waals surface area contributed by atoms with Gasteiger partial charge in [-0.25, -0.2) is 9.37 Å². The molecule has 0 unspecified atom stereocenters. The van der Waals surface area contributed by atoms with Crippen molar-refractivity contribution >= 4 is 34.2 Å². The SMILES string of the molecule is O=C(Nc1ccncc1)c1ccc(-c2nc3ccc(C(=O)Nc4ccc(F)cc4)cc3[nH]2)cc1. The van der Waals surface area contributed by atoms with Crippen LogP contribution in [0.1, 0.15) is 20.7 Å². The Balaban J connectivity index is 1.32. The van der Waals surface area contributed by atoms with E-state index in [1.165, 1.54) is 24.3 Å². The molecule has 3 N–H and O–H groups in total. The van der Waals surface area contributed by atoms with Crippen LogP contribution in [0.15, 0.2) is 91.3 Å². The Kier molecular flexibility index (Phi) is 5.53. The molecule has 5 rings (SSSR count). The Labute approximate surface area is 193 Å². The number of rotatable bonds is 5. The highest BCUT2D eigenvalue weighted by Crippen LogP contribution is 2.23. The van der Waals surface area contributed by atoms with E-state index in [1.807, 2.05) is 0 Å². The van der Waals surface area contributed by atoms with Crippen LogP contribution >= 0.6 is 0 Å². The number of benzene rings is 3. The molecule has 0 radical (unpaired) electrons. The number of anilines is 2. The van der Waals surface area contributed by atoms with E-state index in [0.717, 1.165) is 5.56 Å². The van der Waals surface area contributed by atoms with Gasteiger partial charge in [0, 0.05) is 40.5 Å². The summed E-state index contributed by atoms with van der Waals surface area (Å²) in [6, 6.07) is 21.2. The van der Waals surface area contributed by atoms with Gasteiger partial charge in [0.15, 0.2) is 0 Å². The molecule has 0 saturated heterocycles. The molecule has 8 heteroatoms. The first kappa shape index (κ1) is 21.0. The molecule has 0 spiro atoms. The van der Waals surface area contributed by atoms with Gasteiger partial charge >= 0.3 is 0 Å². The van der Waals surface area contributed by atoms with E-state index in [2.05, 4.69) is 25.6 Å². The fourth-order valence-corrected chi connectivity index (χ4v) is 3.44. The quantitative estimate of drug-likeness (QED) is 0.339. The zero-order valence-electron chi connectivity index (χ0n) is 17.7. The molecule has 0 saturated carbocycles. The number of carbonyl (C=O) groups is 2. The number of H-pyrrole nitrogens is 1. The number of imidazole rings is 1. The molecule has 7 nitrogen and oxygen atoms in total. The number of hydrogen-bond acceptors (Lipinski definition) is 4. The Morgan fingerprint density at radius 1 is 0.735 bits per heavy atom. The highest BCUT2D eigenvalue weighted by molar-refractivity contribution is 6.06. The van der Waals surface area contributed by atoms with Crippen LogP contribution in [0.25, 0.3) is 22.4 Å². The van der Waals surface area contributed by atoms with Gasteiger partial charge in [-0.15, -0.1) is 0 Å². The molecule has 2 aromatic heterocycles. The number of hydrogen-bond donors (Lipinski definition) is 3. The van der Waals surface area contributed by atoms with Crippen LogP contribution in [-0.4, -0.2) is 26.8 Å². The van der Waals surface area contributed by atoms with Crippen molar-refractivity contribution in [1.29, 1.82) is 0 Å². The largest absolute Gasteiger partial charge is 0.338 e. The van der Waals surface area contributed by atoms with Crippen molar-refractivity contribution in [2.45, 2.75) is 0 Å². The van der Waals surface area contributed by atoms with Crippen molar-refractivity contribution < 1.29 is 14.0 Å². The Morgan fingerprint density at radius 3 is 2.06 bits per heavy atom. The van der Waals surface area contributed by atoms with E-state index >= 15 is 0 Å². The third-order valence-electron chi connectivity index (χ3n) is 5.20. The highest BCUT2D eigenvalue weighted by atomic mass is 19.1. The number of pyridine rings is 1. The standard InChI is InChI=1S/C26H18FN5O2/c27-19-6-8-20(9-7-19)29-26(34)18-5-10-22-23(15-18)32-24(31-22)16-1-3-17(4-2-16)25(33)30-21-11-13-28-14-12-21/h1-15H,(H,29,34)(H,31,32)(H,28,30,33). The predicted octanol–water partition coefficient (Wildman–Crippen LogP) is 5.27. The van der Waals surface area contributed by atoms with Crippen molar-refractivity contribution in [3.8, 4) is 11.4 Å². The van der Waals surface area contributed by atoms with Gasteiger partial charge < -0.3 is 15.6 Å². The van der Waals surface area contributed by atoms with Gasteiger partial charge in [-0.3, -0.25) is 14.6 Å². The van der Waals surface area contributed by atoms with E-state index in [1.54, 1.807) is 67.0 Å². The minimum absolute atomic E-state index is 0.223. The Bertz CT molecular complexity index is 1480. The summed E-state index contributed by atoms with van der Waals surface area (Å²) in [5.41, 5.74) is 4.32. The van der Waals surface area contributed by atoms with Gasteiger partial charge in [0.25, 0.3) is 11.8 Å². The molecule has 2 heterocycles. The molecule has 0 aliphatic heterocycles. The molecule has 0 atom stereocenters. The summed E-state index contributed by atoms with van der Waals surface area (Å²) in [7, 11) is 0. The monoisotopic (exact) mass is 451 g/mol. The summed E-state index contributed by atoms with van der Waals surface area (Å²) in [5.74, 6) is -0.285. The number of aromatic nitrogens is 3. The number of carbonyl (C=O) groups excluding carboxylic acids is 2. The second-order valence-corrected chi connectivity index (χ2v) is 7.55. The zero-order valence-corrected chi connectivity index (χ0v) is 17.7. The fourth-order valence-electron chi connectivity index (χ4n) is 3.44. The zero-order chi connectivity index (χ0) is 23.5. The smallest absolute Gasteiger partial charge is 0.255 e. The average molecular weight is 451 g/mol. The van der Waals surface area contributed by atoms with E-state index in [4.69, 9.17) is 0 Å². The number of fused-ring (bicyclic) bond motifs is 1. The first-order valence-corrected chi connectivity index (χ1v) is 10.4. The van der Waals surface area contributed by atoms with Gasteiger partial charge in [0.05, 0.1) is 11.0 Å². The molecular formula is C26H18FN5O2. The Hall–Kier alpha value is -4.85. The summed E-state index contributed by atoms with van der Waals surface area (Å²) < 4.78 is 13.1. The topological polar surface area (TPSA) is 99.8 Å². The lowest BCUT2D eigenvalue weighted by Crippen LogP contribution is -2.11. The molecule has 2 amide bonds. The van der Waals surface area contributed by atoms with E-state index in [9.17, 15) is 14.0 Å². The summed E-state index contributed by atoms with van der Waals surface area (Å²) in [4.78, 5) is 36.7. The molecule has 5 aromatic rings. The van der Waals surface area contributed by atoms with Crippen LogP contribution in [0, 0.1) is 5.82 Å². The van der Waals surface area contributed by atoms with Gasteiger partial charge in [0.1, 0.15) is 11.6 Å². The van der Waals surface area contributed by atoms with E-state index in [0.29, 0.717) is 39.4 Å². The van der Waals surface area contributed by atoms with Crippen molar-refractivity contribution in [3.63, 3.8) is 0 Å². The van der Waals surface area contributed by atoms with E-state index < -0.39 is 0 Å². The molecule has 3 aromatic carbocycles. The summed E-state index contributed by atoms with van der Waals surface area (Å²) >= 11 is 0. The van der Waals surface area contributed by atoms with Crippen molar-refractivity contribution in [3.05, 3.63) is 108 Å². The molecule has 0 bridgehead atoms. The van der Waals surface area contributed by atoms with Crippen LogP contribution in [0.4, 0.5) is 15.8 Å². The lowest BCUT2D eigenvalue weighted by molar-refractivity contribution is 0.101. The maximum atomic E-state index is 13.1. The van der Waals surface area contributed by atoms with Gasteiger partial charge in [0.2, 0.25) is 0 Å². The first-order valence-electron chi connectivity index (χ1n) is 10.4. The third kappa shape index (κ3) is 4.51. The van der Waals surface area contributed by atoms with Crippen LogP contribution in [0.2, 0.25) is 0 Å². The maximum Gasteiger partial charge on any atom is 0.255 e. The summed E-state index contributed by atoms with van der Waals surface area (Å²) in [5, 5.41) is 5.56. The van der Waals surface area contributed by atoms with Crippen molar-refractivity contribution in [1.82, 2.24) is 15.0 Å². The lowest BCUT2D eigenvalue weighted by Gasteiger charge is -2.05. The predicted molar refractivity (Wildman–Crippen MR) is 128 cm³/mol. The average Bonchev–Trinajstić information content (AvgIpc) is 3.30. The highest BCUT2D eigenvalue weighted by Gasteiger charge is 2.12. The van der Waals surface area contributed by atoms with Crippen molar-refractivity contribution in [2.75, 3.05) is 10.6 Å². The molecular weight excluding hydrogens is 433 g/mol.